The van der Waals surface area contributed by atoms with Crippen LogP contribution in [0.15, 0.2) is 18.2 Å². The van der Waals surface area contributed by atoms with E-state index in [-0.39, 0.29) is 17.7 Å². The first-order chi connectivity index (χ1) is 10.9. The number of amides is 2. The van der Waals surface area contributed by atoms with Gasteiger partial charge in [-0.05, 0) is 24.6 Å². The Morgan fingerprint density at radius 2 is 1.87 bits per heavy atom. The van der Waals surface area contributed by atoms with E-state index in [1.165, 1.54) is 0 Å². The van der Waals surface area contributed by atoms with Crippen LogP contribution in [0.3, 0.4) is 0 Å². The SMILES string of the molecule is Cc1ccc(NC(=O)CN2CCN(C(=O)C(C)C)CC2)cc1Cl. The molecular formula is C17H24ClN3O2. The standard InChI is InChI=1S/C17H24ClN3O2/c1-12(2)17(23)21-8-6-20(7-9-21)11-16(22)19-14-5-4-13(3)15(18)10-14/h4-5,10,12H,6-9,11H2,1-3H3,(H,19,22). The topological polar surface area (TPSA) is 52.7 Å². The summed E-state index contributed by atoms with van der Waals surface area (Å²) in [6.45, 7) is 8.88. The van der Waals surface area contributed by atoms with Crippen molar-refractivity contribution in [1.82, 2.24) is 9.80 Å². The van der Waals surface area contributed by atoms with Crippen molar-refractivity contribution in [1.29, 1.82) is 0 Å². The third-order valence-electron chi connectivity index (χ3n) is 4.00. The Hall–Kier alpha value is -1.59. The number of halogens is 1. The Balaban J connectivity index is 1.80. The lowest BCUT2D eigenvalue weighted by molar-refractivity contribution is -0.136. The quantitative estimate of drug-likeness (QED) is 0.917. The molecule has 23 heavy (non-hydrogen) atoms. The van der Waals surface area contributed by atoms with Gasteiger partial charge in [0.2, 0.25) is 11.8 Å². The van der Waals surface area contributed by atoms with Crippen molar-refractivity contribution in [2.24, 2.45) is 5.92 Å². The summed E-state index contributed by atoms with van der Waals surface area (Å²) in [6.07, 6.45) is 0. The second-order valence-corrected chi connectivity index (χ2v) is 6.68. The number of hydrogen-bond donors (Lipinski definition) is 1. The molecule has 2 amide bonds. The zero-order valence-corrected chi connectivity index (χ0v) is 14.7. The number of carbonyl (C=O) groups excluding carboxylic acids is 2. The van der Waals surface area contributed by atoms with E-state index < -0.39 is 0 Å². The monoisotopic (exact) mass is 337 g/mol. The van der Waals surface area contributed by atoms with Crippen molar-refractivity contribution in [3.8, 4) is 0 Å². The molecule has 0 radical (unpaired) electrons. The molecule has 1 heterocycles. The molecule has 2 rings (SSSR count). The van der Waals surface area contributed by atoms with Crippen molar-refractivity contribution in [2.75, 3.05) is 38.0 Å². The molecule has 1 aliphatic rings. The Bertz CT molecular complexity index is 581. The molecule has 1 fully saturated rings. The molecule has 0 aromatic heterocycles. The van der Waals surface area contributed by atoms with Gasteiger partial charge in [0.05, 0.1) is 6.54 Å². The van der Waals surface area contributed by atoms with E-state index in [2.05, 4.69) is 10.2 Å². The van der Waals surface area contributed by atoms with Crippen molar-refractivity contribution in [2.45, 2.75) is 20.8 Å². The molecular weight excluding hydrogens is 314 g/mol. The summed E-state index contributed by atoms with van der Waals surface area (Å²) in [4.78, 5) is 28.0. The molecule has 6 heteroatoms. The molecule has 0 bridgehead atoms. The lowest BCUT2D eigenvalue weighted by atomic mass is 10.1. The molecule has 1 saturated heterocycles. The van der Waals surface area contributed by atoms with Gasteiger partial charge in [0.25, 0.3) is 0 Å². The Morgan fingerprint density at radius 1 is 1.22 bits per heavy atom. The van der Waals surface area contributed by atoms with Gasteiger partial charge in [-0.3, -0.25) is 14.5 Å². The van der Waals surface area contributed by atoms with E-state index in [1.54, 1.807) is 6.07 Å². The first-order valence-electron chi connectivity index (χ1n) is 7.94. The van der Waals surface area contributed by atoms with Crippen LogP contribution in [-0.4, -0.2) is 54.3 Å². The number of anilines is 1. The maximum Gasteiger partial charge on any atom is 0.238 e. The van der Waals surface area contributed by atoms with Gasteiger partial charge in [0, 0.05) is 42.8 Å². The highest BCUT2D eigenvalue weighted by Crippen LogP contribution is 2.20. The number of nitrogens with zero attached hydrogens (tertiary/aromatic N) is 2. The highest BCUT2D eigenvalue weighted by molar-refractivity contribution is 6.31. The molecule has 1 aromatic rings. The van der Waals surface area contributed by atoms with Crippen molar-refractivity contribution in [3.63, 3.8) is 0 Å². The normalized spacial score (nSPS) is 15.8. The number of aryl methyl sites for hydroxylation is 1. The van der Waals surface area contributed by atoms with Crippen LogP contribution in [0.1, 0.15) is 19.4 Å². The van der Waals surface area contributed by atoms with Crippen molar-refractivity contribution < 1.29 is 9.59 Å². The second-order valence-electron chi connectivity index (χ2n) is 6.27. The fourth-order valence-electron chi connectivity index (χ4n) is 2.57. The number of piperazine rings is 1. The fourth-order valence-corrected chi connectivity index (χ4v) is 2.75. The third-order valence-corrected chi connectivity index (χ3v) is 4.41. The Kier molecular flexibility index (Phi) is 6.02. The molecule has 0 atom stereocenters. The molecule has 1 N–H and O–H groups in total. The second kappa shape index (κ2) is 7.79. The van der Waals surface area contributed by atoms with Gasteiger partial charge in [0.1, 0.15) is 0 Å². The Morgan fingerprint density at radius 3 is 2.43 bits per heavy atom. The van der Waals surface area contributed by atoms with Crippen LogP contribution in [0.4, 0.5) is 5.69 Å². The van der Waals surface area contributed by atoms with Crippen molar-refractivity contribution in [3.05, 3.63) is 28.8 Å². The van der Waals surface area contributed by atoms with Crippen LogP contribution < -0.4 is 5.32 Å². The van der Waals surface area contributed by atoms with Crippen LogP contribution in [-0.2, 0) is 9.59 Å². The van der Waals surface area contributed by atoms with Gasteiger partial charge in [0.15, 0.2) is 0 Å². The minimum absolute atomic E-state index is 0.0242. The van der Waals surface area contributed by atoms with Crippen LogP contribution >= 0.6 is 11.6 Å². The average molecular weight is 338 g/mol. The molecule has 0 spiro atoms. The molecule has 1 aliphatic heterocycles. The van der Waals surface area contributed by atoms with E-state index in [9.17, 15) is 9.59 Å². The molecule has 5 nitrogen and oxygen atoms in total. The highest BCUT2D eigenvalue weighted by Gasteiger charge is 2.23. The van der Waals surface area contributed by atoms with Gasteiger partial charge in [-0.1, -0.05) is 31.5 Å². The molecule has 0 aliphatic carbocycles. The number of nitrogens with one attached hydrogen (secondary N) is 1. The summed E-state index contributed by atoms with van der Waals surface area (Å²) in [6, 6.07) is 5.49. The van der Waals surface area contributed by atoms with Crippen LogP contribution in [0, 0.1) is 12.8 Å². The van der Waals surface area contributed by atoms with Gasteiger partial charge < -0.3 is 10.2 Å². The molecule has 126 valence electrons. The number of hydrogen-bond acceptors (Lipinski definition) is 3. The minimum Gasteiger partial charge on any atom is -0.340 e. The number of carbonyl (C=O) groups is 2. The van der Waals surface area contributed by atoms with Gasteiger partial charge in [-0.2, -0.15) is 0 Å². The van der Waals surface area contributed by atoms with Crippen LogP contribution in [0.25, 0.3) is 0 Å². The van der Waals surface area contributed by atoms with E-state index in [4.69, 9.17) is 11.6 Å². The highest BCUT2D eigenvalue weighted by atomic mass is 35.5. The van der Waals surface area contributed by atoms with Gasteiger partial charge >= 0.3 is 0 Å². The molecule has 0 unspecified atom stereocenters. The summed E-state index contributed by atoms with van der Waals surface area (Å²) in [5.41, 5.74) is 1.69. The van der Waals surface area contributed by atoms with Gasteiger partial charge in [-0.15, -0.1) is 0 Å². The molecule has 1 aromatic carbocycles. The zero-order valence-electron chi connectivity index (χ0n) is 13.9. The summed E-state index contributed by atoms with van der Waals surface area (Å²) in [5.74, 6) is 0.146. The van der Waals surface area contributed by atoms with E-state index in [0.29, 0.717) is 30.3 Å². The van der Waals surface area contributed by atoms with Gasteiger partial charge in [-0.25, -0.2) is 0 Å². The number of benzene rings is 1. The lowest BCUT2D eigenvalue weighted by Gasteiger charge is -2.35. The summed E-state index contributed by atoms with van der Waals surface area (Å²) >= 11 is 6.06. The average Bonchev–Trinajstić information content (AvgIpc) is 2.51. The largest absolute Gasteiger partial charge is 0.340 e. The fraction of sp³-hybridized carbons (Fsp3) is 0.529. The smallest absolute Gasteiger partial charge is 0.238 e. The van der Waals surface area contributed by atoms with E-state index in [1.807, 2.05) is 37.8 Å². The van der Waals surface area contributed by atoms with Crippen LogP contribution in [0.2, 0.25) is 5.02 Å². The summed E-state index contributed by atoms with van der Waals surface area (Å²) in [7, 11) is 0. The zero-order chi connectivity index (χ0) is 17.0. The first-order valence-corrected chi connectivity index (χ1v) is 8.31. The van der Waals surface area contributed by atoms with Crippen molar-refractivity contribution >= 4 is 29.1 Å². The maximum absolute atomic E-state index is 12.1. The van der Waals surface area contributed by atoms with Crippen LogP contribution in [0.5, 0.6) is 0 Å². The number of rotatable bonds is 4. The predicted molar refractivity (Wildman–Crippen MR) is 92.7 cm³/mol. The summed E-state index contributed by atoms with van der Waals surface area (Å²) in [5, 5.41) is 3.51. The minimum atomic E-state index is -0.0615. The van der Waals surface area contributed by atoms with E-state index >= 15 is 0 Å². The Labute approximate surface area is 142 Å². The predicted octanol–water partition coefficient (Wildman–Crippen LogP) is 2.39. The van der Waals surface area contributed by atoms with E-state index in [0.717, 1.165) is 18.7 Å². The third kappa shape index (κ3) is 4.94. The molecule has 0 saturated carbocycles. The maximum atomic E-state index is 12.1. The summed E-state index contributed by atoms with van der Waals surface area (Å²) < 4.78 is 0. The first kappa shape index (κ1) is 17.8. The lowest BCUT2D eigenvalue weighted by Crippen LogP contribution is -2.51.